The number of benzene rings is 2. The molecule has 0 bridgehead atoms. The molecule has 3 rings (SSSR count). The van der Waals surface area contributed by atoms with Gasteiger partial charge < -0.3 is 9.84 Å². The van der Waals surface area contributed by atoms with Crippen molar-refractivity contribution in [1.29, 1.82) is 0 Å². The molecule has 0 aliphatic carbocycles. The molecule has 3 aromatic rings. The fourth-order valence-electron chi connectivity index (χ4n) is 2.99. The number of nitrogens with zero attached hydrogens (tertiary/aromatic N) is 2. The predicted molar refractivity (Wildman–Crippen MR) is 96.2 cm³/mol. The predicted octanol–water partition coefficient (Wildman–Crippen LogP) is 4.76. The van der Waals surface area contributed by atoms with E-state index < -0.39 is 12.3 Å². The Morgan fingerprint density at radius 1 is 1.11 bits per heavy atom. The van der Waals surface area contributed by atoms with Gasteiger partial charge in [-0.2, -0.15) is 5.10 Å². The van der Waals surface area contributed by atoms with Crippen LogP contribution >= 0.6 is 0 Å². The molecule has 28 heavy (non-hydrogen) atoms. The van der Waals surface area contributed by atoms with Crippen molar-refractivity contribution in [1.82, 2.24) is 9.78 Å². The molecule has 1 N–H and O–H groups in total. The van der Waals surface area contributed by atoms with Crippen LogP contribution in [0.15, 0.2) is 54.6 Å². The Morgan fingerprint density at radius 3 is 2.29 bits per heavy atom. The number of ether oxygens (including phenoxy) is 1. The minimum Gasteiger partial charge on any atom is -0.477 e. The highest BCUT2D eigenvalue weighted by atomic mass is 19.4. The normalized spacial score (nSPS) is 11.4. The van der Waals surface area contributed by atoms with Crippen molar-refractivity contribution in [3.63, 3.8) is 0 Å². The first-order valence-corrected chi connectivity index (χ1v) is 8.51. The van der Waals surface area contributed by atoms with Crippen LogP contribution in [0.5, 0.6) is 5.75 Å². The highest BCUT2D eigenvalue weighted by Gasteiger charge is 2.31. The van der Waals surface area contributed by atoms with Gasteiger partial charge in [-0.1, -0.05) is 37.3 Å². The number of aromatic nitrogens is 2. The standard InChI is InChI=1S/C20H17F3N2O3/c1-2-16-17(14-8-10-15(11-9-14)28-20(21,22)23)24-25(18(16)19(26)27)12-13-6-4-3-5-7-13/h3-11H,2,12H2,1H3,(H,26,27). The lowest BCUT2D eigenvalue weighted by Crippen LogP contribution is -2.16. The second-order valence-corrected chi connectivity index (χ2v) is 6.05. The molecular formula is C20H17F3N2O3. The van der Waals surface area contributed by atoms with Gasteiger partial charge in [0.15, 0.2) is 0 Å². The first-order valence-electron chi connectivity index (χ1n) is 8.51. The van der Waals surface area contributed by atoms with E-state index in [0.29, 0.717) is 23.2 Å². The molecule has 0 radical (unpaired) electrons. The lowest BCUT2D eigenvalue weighted by atomic mass is 10.0. The maximum Gasteiger partial charge on any atom is 0.573 e. The topological polar surface area (TPSA) is 64.4 Å². The minimum atomic E-state index is -4.77. The van der Waals surface area contributed by atoms with Crippen molar-refractivity contribution in [3.05, 3.63) is 71.4 Å². The van der Waals surface area contributed by atoms with Gasteiger partial charge in [-0.25, -0.2) is 4.79 Å². The number of rotatable bonds is 6. The maximum atomic E-state index is 12.3. The van der Waals surface area contributed by atoms with Gasteiger partial charge in [-0.3, -0.25) is 4.68 Å². The summed E-state index contributed by atoms with van der Waals surface area (Å²) in [7, 11) is 0. The molecule has 1 aromatic heterocycles. The smallest absolute Gasteiger partial charge is 0.477 e. The summed E-state index contributed by atoms with van der Waals surface area (Å²) < 4.78 is 42.3. The Kier molecular flexibility index (Phi) is 5.39. The number of hydrogen-bond donors (Lipinski definition) is 1. The lowest BCUT2D eigenvalue weighted by molar-refractivity contribution is -0.274. The zero-order valence-electron chi connectivity index (χ0n) is 14.9. The molecule has 0 aliphatic rings. The van der Waals surface area contributed by atoms with Crippen LogP contribution in [-0.4, -0.2) is 27.2 Å². The highest BCUT2D eigenvalue weighted by molar-refractivity contribution is 5.90. The monoisotopic (exact) mass is 390 g/mol. The van der Waals surface area contributed by atoms with E-state index in [1.807, 2.05) is 30.3 Å². The van der Waals surface area contributed by atoms with Crippen molar-refractivity contribution in [2.24, 2.45) is 0 Å². The zero-order chi connectivity index (χ0) is 20.3. The fourth-order valence-corrected chi connectivity index (χ4v) is 2.99. The van der Waals surface area contributed by atoms with Crippen LogP contribution in [0.1, 0.15) is 28.5 Å². The third-order valence-corrected chi connectivity index (χ3v) is 4.14. The summed E-state index contributed by atoms with van der Waals surface area (Å²) in [6.07, 6.45) is -4.36. The molecule has 5 nitrogen and oxygen atoms in total. The Morgan fingerprint density at radius 2 is 1.75 bits per heavy atom. The van der Waals surface area contributed by atoms with E-state index in [-0.39, 0.29) is 18.0 Å². The number of carboxylic acid groups (broad SMARTS) is 1. The quantitative estimate of drug-likeness (QED) is 0.659. The van der Waals surface area contributed by atoms with E-state index >= 15 is 0 Å². The molecule has 2 aromatic carbocycles. The molecule has 0 saturated heterocycles. The number of carbonyl (C=O) groups is 1. The van der Waals surface area contributed by atoms with Crippen LogP contribution in [0.25, 0.3) is 11.3 Å². The van der Waals surface area contributed by atoms with Crippen LogP contribution in [-0.2, 0) is 13.0 Å². The highest BCUT2D eigenvalue weighted by Crippen LogP contribution is 2.30. The molecule has 0 unspecified atom stereocenters. The Bertz CT molecular complexity index is 965. The molecule has 0 saturated carbocycles. The Labute approximate surface area is 159 Å². The second-order valence-electron chi connectivity index (χ2n) is 6.05. The van der Waals surface area contributed by atoms with E-state index in [9.17, 15) is 23.1 Å². The second kappa shape index (κ2) is 7.75. The molecule has 0 spiro atoms. The van der Waals surface area contributed by atoms with Crippen molar-refractivity contribution in [2.75, 3.05) is 0 Å². The van der Waals surface area contributed by atoms with Gasteiger partial charge in [-0.05, 0) is 36.2 Å². The molecule has 0 fully saturated rings. The van der Waals surface area contributed by atoms with Crippen LogP contribution in [0.3, 0.4) is 0 Å². The van der Waals surface area contributed by atoms with Gasteiger partial charge in [0.25, 0.3) is 0 Å². The van der Waals surface area contributed by atoms with E-state index in [1.165, 1.54) is 28.9 Å². The summed E-state index contributed by atoms with van der Waals surface area (Å²) in [4.78, 5) is 11.8. The zero-order valence-corrected chi connectivity index (χ0v) is 14.9. The summed E-state index contributed by atoms with van der Waals surface area (Å²) in [5, 5.41) is 14.1. The molecular weight excluding hydrogens is 373 g/mol. The number of hydrogen-bond acceptors (Lipinski definition) is 3. The summed E-state index contributed by atoms with van der Waals surface area (Å²) in [6.45, 7) is 2.08. The maximum absolute atomic E-state index is 12.3. The first kappa shape index (κ1) is 19.5. The van der Waals surface area contributed by atoms with Crippen LogP contribution in [0.4, 0.5) is 13.2 Å². The van der Waals surface area contributed by atoms with Crippen LogP contribution in [0, 0.1) is 0 Å². The van der Waals surface area contributed by atoms with Crippen molar-refractivity contribution < 1.29 is 27.8 Å². The summed E-state index contributed by atoms with van der Waals surface area (Å²) in [5.74, 6) is -1.46. The van der Waals surface area contributed by atoms with Gasteiger partial charge in [0.1, 0.15) is 11.4 Å². The Hall–Kier alpha value is -3.29. The Balaban J connectivity index is 2.01. The van der Waals surface area contributed by atoms with Crippen molar-refractivity contribution in [2.45, 2.75) is 26.3 Å². The van der Waals surface area contributed by atoms with Gasteiger partial charge in [0.05, 0.1) is 12.2 Å². The molecule has 146 valence electrons. The van der Waals surface area contributed by atoms with E-state index in [0.717, 1.165) is 5.56 Å². The van der Waals surface area contributed by atoms with Gasteiger partial charge in [0.2, 0.25) is 0 Å². The third kappa shape index (κ3) is 4.33. The molecule has 8 heteroatoms. The van der Waals surface area contributed by atoms with Gasteiger partial charge in [0, 0.05) is 11.1 Å². The number of alkyl halides is 3. The van der Waals surface area contributed by atoms with Crippen LogP contribution < -0.4 is 4.74 Å². The average molecular weight is 390 g/mol. The summed E-state index contributed by atoms with van der Waals surface area (Å²) in [5.41, 5.74) is 2.41. The van der Waals surface area contributed by atoms with Crippen LogP contribution in [0.2, 0.25) is 0 Å². The fraction of sp³-hybridized carbons (Fsp3) is 0.200. The van der Waals surface area contributed by atoms with E-state index in [2.05, 4.69) is 9.84 Å². The molecule has 0 atom stereocenters. The number of halogens is 3. The summed E-state index contributed by atoms with van der Waals surface area (Å²) in [6, 6.07) is 14.5. The van der Waals surface area contributed by atoms with Crippen molar-refractivity contribution >= 4 is 5.97 Å². The van der Waals surface area contributed by atoms with E-state index in [4.69, 9.17) is 0 Å². The SMILES string of the molecule is CCc1c(-c2ccc(OC(F)(F)F)cc2)nn(Cc2ccccc2)c1C(=O)O. The lowest BCUT2D eigenvalue weighted by Gasteiger charge is -2.09. The molecule has 1 heterocycles. The van der Waals surface area contributed by atoms with E-state index in [1.54, 1.807) is 6.92 Å². The molecule has 0 amide bonds. The minimum absolute atomic E-state index is 0.0666. The third-order valence-electron chi connectivity index (χ3n) is 4.14. The van der Waals surface area contributed by atoms with Gasteiger partial charge >= 0.3 is 12.3 Å². The largest absolute Gasteiger partial charge is 0.573 e. The average Bonchev–Trinajstić information content (AvgIpc) is 3.00. The number of carboxylic acids is 1. The number of aromatic carboxylic acids is 1. The summed E-state index contributed by atoms with van der Waals surface area (Å²) >= 11 is 0. The van der Waals surface area contributed by atoms with Gasteiger partial charge in [-0.15, -0.1) is 13.2 Å². The first-order chi connectivity index (χ1) is 13.3. The molecule has 0 aliphatic heterocycles. The van der Waals surface area contributed by atoms with Crippen molar-refractivity contribution in [3.8, 4) is 17.0 Å².